The number of halogens is 1. The first-order valence-corrected chi connectivity index (χ1v) is 5.02. The second kappa shape index (κ2) is 3.22. The van der Waals surface area contributed by atoms with E-state index < -0.39 is 0 Å². The minimum absolute atomic E-state index is 0.758. The molecule has 13 heavy (non-hydrogen) atoms. The van der Waals surface area contributed by atoms with Crippen molar-refractivity contribution in [2.75, 3.05) is 13.7 Å². The summed E-state index contributed by atoms with van der Waals surface area (Å²) in [6, 6.07) is 2.03. The summed E-state index contributed by atoms with van der Waals surface area (Å²) < 4.78 is 11.9. The van der Waals surface area contributed by atoms with Crippen LogP contribution in [-0.2, 0) is 6.42 Å². The van der Waals surface area contributed by atoms with E-state index in [2.05, 4.69) is 15.9 Å². The number of ether oxygens (including phenoxy) is 2. The lowest BCUT2D eigenvalue weighted by molar-refractivity contribution is 0.355. The van der Waals surface area contributed by atoms with Crippen molar-refractivity contribution in [3.05, 3.63) is 21.7 Å². The van der Waals surface area contributed by atoms with E-state index in [1.807, 2.05) is 13.0 Å². The molecule has 0 spiro atoms. The zero-order valence-corrected chi connectivity index (χ0v) is 9.27. The number of benzene rings is 1. The Kier molecular flexibility index (Phi) is 2.20. The van der Waals surface area contributed by atoms with E-state index in [1.54, 1.807) is 7.11 Å². The summed E-state index contributed by atoms with van der Waals surface area (Å²) in [5.41, 5.74) is 2.34. The van der Waals surface area contributed by atoms with Crippen molar-refractivity contribution in [2.45, 2.75) is 13.3 Å². The van der Waals surface area contributed by atoms with Crippen LogP contribution in [0.1, 0.15) is 11.1 Å². The Balaban J connectivity index is 2.65. The van der Waals surface area contributed by atoms with Gasteiger partial charge >= 0.3 is 0 Å². The highest BCUT2D eigenvalue weighted by Gasteiger charge is 2.21. The normalized spacial score (nSPS) is 13.8. The molecule has 0 unspecified atom stereocenters. The SMILES string of the molecule is COc1c(C)cc(Br)c2c1CCO2. The summed E-state index contributed by atoms with van der Waals surface area (Å²) in [4.78, 5) is 0. The first kappa shape index (κ1) is 8.88. The predicted molar refractivity (Wildman–Crippen MR) is 54.6 cm³/mol. The second-order valence-electron chi connectivity index (χ2n) is 3.11. The molecule has 2 nitrogen and oxygen atoms in total. The first-order valence-electron chi connectivity index (χ1n) is 4.23. The Labute approximate surface area is 86.0 Å². The molecular weight excluding hydrogens is 232 g/mol. The van der Waals surface area contributed by atoms with Crippen LogP contribution in [0.5, 0.6) is 11.5 Å². The Morgan fingerprint density at radius 2 is 2.31 bits per heavy atom. The van der Waals surface area contributed by atoms with Crippen LogP contribution in [0.25, 0.3) is 0 Å². The summed E-state index contributed by atoms with van der Waals surface area (Å²) >= 11 is 3.48. The van der Waals surface area contributed by atoms with E-state index in [0.717, 1.165) is 34.6 Å². The van der Waals surface area contributed by atoms with Crippen LogP contribution >= 0.6 is 15.9 Å². The van der Waals surface area contributed by atoms with Gasteiger partial charge in [-0.3, -0.25) is 0 Å². The Hall–Kier alpha value is -0.700. The summed E-state index contributed by atoms with van der Waals surface area (Å²) in [7, 11) is 1.70. The summed E-state index contributed by atoms with van der Waals surface area (Å²) in [5.74, 6) is 1.91. The van der Waals surface area contributed by atoms with Crippen LogP contribution in [0.3, 0.4) is 0 Å². The van der Waals surface area contributed by atoms with Gasteiger partial charge in [-0.2, -0.15) is 0 Å². The predicted octanol–water partition coefficient (Wildman–Crippen LogP) is 2.70. The number of fused-ring (bicyclic) bond motifs is 1. The lowest BCUT2D eigenvalue weighted by atomic mass is 10.1. The van der Waals surface area contributed by atoms with Gasteiger partial charge in [0.15, 0.2) is 0 Å². The zero-order valence-electron chi connectivity index (χ0n) is 7.69. The maximum Gasteiger partial charge on any atom is 0.140 e. The van der Waals surface area contributed by atoms with E-state index >= 15 is 0 Å². The van der Waals surface area contributed by atoms with E-state index in [4.69, 9.17) is 9.47 Å². The summed E-state index contributed by atoms with van der Waals surface area (Å²) in [6.45, 7) is 2.80. The van der Waals surface area contributed by atoms with E-state index in [9.17, 15) is 0 Å². The minimum atomic E-state index is 0.758. The van der Waals surface area contributed by atoms with Gasteiger partial charge in [0.25, 0.3) is 0 Å². The maximum atomic E-state index is 5.50. The van der Waals surface area contributed by atoms with Gasteiger partial charge in [0.05, 0.1) is 18.2 Å². The maximum absolute atomic E-state index is 5.50. The van der Waals surface area contributed by atoms with Gasteiger partial charge in [-0.1, -0.05) is 0 Å². The third kappa shape index (κ3) is 1.31. The standard InChI is InChI=1S/C10H11BrO2/c1-6-5-8(11)10-7(3-4-13-10)9(6)12-2/h5H,3-4H2,1-2H3. The van der Waals surface area contributed by atoms with Crippen LogP contribution in [0.15, 0.2) is 10.5 Å². The molecule has 0 saturated heterocycles. The van der Waals surface area contributed by atoms with E-state index in [-0.39, 0.29) is 0 Å². The van der Waals surface area contributed by atoms with Gasteiger partial charge in [-0.25, -0.2) is 0 Å². The number of hydrogen-bond donors (Lipinski definition) is 0. The van der Waals surface area contributed by atoms with Crippen LogP contribution in [0, 0.1) is 6.92 Å². The lowest BCUT2D eigenvalue weighted by Gasteiger charge is -2.10. The van der Waals surface area contributed by atoms with Crippen molar-refractivity contribution in [3.63, 3.8) is 0 Å². The highest BCUT2D eigenvalue weighted by atomic mass is 79.9. The van der Waals surface area contributed by atoms with E-state index in [0.29, 0.717) is 0 Å². The molecule has 2 rings (SSSR count). The smallest absolute Gasteiger partial charge is 0.140 e. The average molecular weight is 243 g/mol. The van der Waals surface area contributed by atoms with Crippen molar-refractivity contribution in [2.24, 2.45) is 0 Å². The second-order valence-corrected chi connectivity index (χ2v) is 3.97. The summed E-state index contributed by atoms with van der Waals surface area (Å²) in [5, 5.41) is 0. The molecule has 1 aliphatic heterocycles. The number of hydrogen-bond acceptors (Lipinski definition) is 2. The first-order chi connectivity index (χ1) is 6.24. The Morgan fingerprint density at radius 1 is 1.54 bits per heavy atom. The average Bonchev–Trinajstić information content (AvgIpc) is 2.53. The fourth-order valence-electron chi connectivity index (χ4n) is 1.73. The number of methoxy groups -OCH3 is 1. The molecule has 70 valence electrons. The van der Waals surface area contributed by atoms with Crippen LogP contribution in [0.4, 0.5) is 0 Å². The van der Waals surface area contributed by atoms with Gasteiger partial charge in [0.1, 0.15) is 11.5 Å². The highest BCUT2D eigenvalue weighted by molar-refractivity contribution is 9.10. The van der Waals surface area contributed by atoms with Gasteiger partial charge in [0.2, 0.25) is 0 Å². The van der Waals surface area contributed by atoms with Crippen molar-refractivity contribution in [1.29, 1.82) is 0 Å². The molecule has 0 amide bonds. The van der Waals surface area contributed by atoms with Crippen LogP contribution in [0.2, 0.25) is 0 Å². The topological polar surface area (TPSA) is 18.5 Å². The van der Waals surface area contributed by atoms with Gasteiger partial charge in [-0.15, -0.1) is 0 Å². The quantitative estimate of drug-likeness (QED) is 0.754. The Bertz CT molecular complexity index is 347. The largest absolute Gasteiger partial charge is 0.496 e. The lowest BCUT2D eigenvalue weighted by Crippen LogP contribution is -1.92. The molecule has 3 heteroatoms. The van der Waals surface area contributed by atoms with Crippen LogP contribution < -0.4 is 9.47 Å². The molecule has 0 fully saturated rings. The van der Waals surface area contributed by atoms with Gasteiger partial charge in [-0.05, 0) is 34.5 Å². The van der Waals surface area contributed by atoms with Crippen LogP contribution in [-0.4, -0.2) is 13.7 Å². The van der Waals surface area contributed by atoms with Crippen molar-refractivity contribution >= 4 is 15.9 Å². The third-order valence-corrected chi connectivity index (χ3v) is 2.86. The molecule has 0 radical (unpaired) electrons. The number of rotatable bonds is 1. The molecule has 0 atom stereocenters. The molecule has 1 aromatic rings. The molecule has 0 saturated carbocycles. The Morgan fingerprint density at radius 3 is 3.00 bits per heavy atom. The summed E-state index contributed by atoms with van der Waals surface area (Å²) in [6.07, 6.45) is 0.943. The minimum Gasteiger partial charge on any atom is -0.496 e. The third-order valence-electron chi connectivity index (χ3n) is 2.27. The van der Waals surface area contributed by atoms with E-state index in [1.165, 1.54) is 5.56 Å². The van der Waals surface area contributed by atoms with Crippen molar-refractivity contribution < 1.29 is 9.47 Å². The fourth-order valence-corrected chi connectivity index (χ4v) is 2.43. The fraction of sp³-hybridized carbons (Fsp3) is 0.400. The zero-order chi connectivity index (χ0) is 9.42. The monoisotopic (exact) mass is 242 g/mol. The molecule has 1 aromatic carbocycles. The number of aryl methyl sites for hydroxylation is 1. The van der Waals surface area contributed by atoms with Gasteiger partial charge in [0, 0.05) is 12.0 Å². The van der Waals surface area contributed by atoms with Crippen molar-refractivity contribution in [3.8, 4) is 11.5 Å². The molecular formula is C10H11BrO2. The highest BCUT2D eigenvalue weighted by Crippen LogP contribution is 2.41. The molecule has 1 aliphatic rings. The molecule has 0 bridgehead atoms. The molecule has 0 N–H and O–H groups in total. The molecule has 0 aliphatic carbocycles. The molecule has 1 heterocycles. The van der Waals surface area contributed by atoms with Crippen molar-refractivity contribution in [1.82, 2.24) is 0 Å². The molecule has 0 aromatic heterocycles. The van der Waals surface area contributed by atoms with Gasteiger partial charge < -0.3 is 9.47 Å².